The Hall–Kier alpha value is -1.88. The molecule has 132 valence electrons. The SMILES string of the molecule is CCC(N)(CC)CNC(=O)C1CCC(=O)N1Cc1ccc(C)cc1. The molecule has 0 radical (unpaired) electrons. The first-order valence-corrected chi connectivity index (χ1v) is 8.80. The van der Waals surface area contributed by atoms with Crippen molar-refractivity contribution in [3.63, 3.8) is 0 Å². The Morgan fingerprint density at radius 1 is 1.29 bits per heavy atom. The van der Waals surface area contributed by atoms with E-state index in [1.54, 1.807) is 4.90 Å². The van der Waals surface area contributed by atoms with Crippen molar-refractivity contribution in [3.05, 3.63) is 35.4 Å². The molecule has 1 unspecified atom stereocenters. The fraction of sp³-hybridized carbons (Fsp3) is 0.579. The summed E-state index contributed by atoms with van der Waals surface area (Å²) >= 11 is 0. The average molecular weight is 331 g/mol. The molecule has 1 saturated heterocycles. The van der Waals surface area contributed by atoms with Gasteiger partial charge in [-0.3, -0.25) is 9.59 Å². The highest BCUT2D eigenvalue weighted by Gasteiger charge is 2.36. The van der Waals surface area contributed by atoms with Gasteiger partial charge in [0.05, 0.1) is 0 Å². The van der Waals surface area contributed by atoms with Gasteiger partial charge in [-0.1, -0.05) is 43.7 Å². The lowest BCUT2D eigenvalue weighted by Gasteiger charge is -2.29. The predicted molar refractivity (Wildman–Crippen MR) is 95.3 cm³/mol. The summed E-state index contributed by atoms with van der Waals surface area (Å²) in [7, 11) is 0. The summed E-state index contributed by atoms with van der Waals surface area (Å²) in [6, 6.07) is 7.67. The molecule has 1 aromatic carbocycles. The summed E-state index contributed by atoms with van der Waals surface area (Å²) in [5.41, 5.74) is 8.10. The van der Waals surface area contributed by atoms with E-state index in [0.717, 1.165) is 18.4 Å². The molecule has 2 amide bonds. The second-order valence-electron chi connectivity index (χ2n) is 6.85. The molecular formula is C19H29N3O2. The molecule has 0 aromatic heterocycles. The number of carbonyl (C=O) groups is 2. The van der Waals surface area contributed by atoms with Gasteiger partial charge >= 0.3 is 0 Å². The van der Waals surface area contributed by atoms with Crippen molar-refractivity contribution in [2.24, 2.45) is 5.73 Å². The van der Waals surface area contributed by atoms with Crippen molar-refractivity contribution in [1.29, 1.82) is 0 Å². The molecule has 1 aliphatic rings. The second-order valence-corrected chi connectivity index (χ2v) is 6.85. The van der Waals surface area contributed by atoms with Crippen molar-refractivity contribution < 1.29 is 9.59 Å². The zero-order valence-electron chi connectivity index (χ0n) is 15.0. The van der Waals surface area contributed by atoms with E-state index in [1.165, 1.54) is 5.56 Å². The number of amides is 2. The monoisotopic (exact) mass is 331 g/mol. The van der Waals surface area contributed by atoms with Gasteiger partial charge in [-0.25, -0.2) is 0 Å². The van der Waals surface area contributed by atoms with Gasteiger partial charge in [0.15, 0.2) is 0 Å². The van der Waals surface area contributed by atoms with Gasteiger partial charge in [0.2, 0.25) is 11.8 Å². The molecule has 2 rings (SSSR count). The van der Waals surface area contributed by atoms with Crippen LogP contribution < -0.4 is 11.1 Å². The van der Waals surface area contributed by atoms with Crippen LogP contribution in [0.4, 0.5) is 0 Å². The van der Waals surface area contributed by atoms with Crippen LogP contribution in [0.1, 0.15) is 50.7 Å². The largest absolute Gasteiger partial charge is 0.352 e. The maximum Gasteiger partial charge on any atom is 0.242 e. The number of carbonyl (C=O) groups excluding carboxylic acids is 2. The number of nitrogens with one attached hydrogen (secondary N) is 1. The minimum Gasteiger partial charge on any atom is -0.352 e. The van der Waals surface area contributed by atoms with Crippen LogP contribution in [-0.4, -0.2) is 34.8 Å². The molecule has 1 fully saturated rings. The molecule has 1 aromatic rings. The summed E-state index contributed by atoms with van der Waals surface area (Å²) in [5, 5.41) is 2.95. The van der Waals surface area contributed by atoms with Crippen LogP contribution in [0.15, 0.2) is 24.3 Å². The Labute approximate surface area is 144 Å². The number of benzene rings is 1. The van der Waals surface area contributed by atoms with Crippen molar-refractivity contribution in [2.75, 3.05) is 6.54 Å². The van der Waals surface area contributed by atoms with E-state index < -0.39 is 6.04 Å². The molecule has 3 N–H and O–H groups in total. The minimum absolute atomic E-state index is 0.0423. The summed E-state index contributed by atoms with van der Waals surface area (Å²) in [4.78, 5) is 26.4. The molecular weight excluding hydrogens is 302 g/mol. The van der Waals surface area contributed by atoms with Gasteiger partial charge in [-0.05, 0) is 31.7 Å². The van der Waals surface area contributed by atoms with E-state index in [1.807, 2.05) is 45.0 Å². The Bertz CT molecular complexity index is 579. The van der Waals surface area contributed by atoms with Gasteiger partial charge in [0, 0.05) is 25.0 Å². The lowest BCUT2D eigenvalue weighted by molar-refractivity contribution is -0.135. The van der Waals surface area contributed by atoms with E-state index in [2.05, 4.69) is 5.32 Å². The van der Waals surface area contributed by atoms with E-state index in [0.29, 0.717) is 25.9 Å². The highest BCUT2D eigenvalue weighted by atomic mass is 16.2. The van der Waals surface area contributed by atoms with E-state index in [-0.39, 0.29) is 17.4 Å². The molecule has 0 bridgehead atoms. The quantitative estimate of drug-likeness (QED) is 0.803. The van der Waals surface area contributed by atoms with Crippen molar-refractivity contribution in [2.45, 2.75) is 64.6 Å². The molecule has 0 spiro atoms. The molecule has 5 heteroatoms. The topological polar surface area (TPSA) is 75.4 Å². The van der Waals surface area contributed by atoms with Crippen molar-refractivity contribution >= 4 is 11.8 Å². The second kappa shape index (κ2) is 7.79. The smallest absolute Gasteiger partial charge is 0.242 e. The highest BCUT2D eigenvalue weighted by Crippen LogP contribution is 2.22. The molecule has 5 nitrogen and oxygen atoms in total. The third-order valence-corrected chi connectivity index (χ3v) is 5.13. The highest BCUT2D eigenvalue weighted by molar-refractivity contribution is 5.90. The first-order chi connectivity index (χ1) is 11.4. The van der Waals surface area contributed by atoms with Crippen LogP contribution in [0.3, 0.4) is 0 Å². The Morgan fingerprint density at radius 3 is 2.50 bits per heavy atom. The van der Waals surface area contributed by atoms with Crippen LogP contribution in [-0.2, 0) is 16.1 Å². The Morgan fingerprint density at radius 2 is 1.92 bits per heavy atom. The first kappa shape index (κ1) is 18.5. The number of nitrogens with zero attached hydrogens (tertiary/aromatic N) is 1. The fourth-order valence-electron chi connectivity index (χ4n) is 2.98. The number of nitrogens with two attached hydrogens (primary N) is 1. The molecule has 0 saturated carbocycles. The van der Waals surface area contributed by atoms with Gasteiger partial charge in [-0.15, -0.1) is 0 Å². The summed E-state index contributed by atoms with van der Waals surface area (Å²) < 4.78 is 0. The zero-order valence-corrected chi connectivity index (χ0v) is 15.0. The lowest BCUT2D eigenvalue weighted by Crippen LogP contribution is -2.53. The maximum atomic E-state index is 12.6. The number of hydrogen-bond donors (Lipinski definition) is 2. The molecule has 1 heterocycles. The summed E-state index contributed by atoms with van der Waals surface area (Å²) in [6.07, 6.45) is 2.62. The standard InChI is InChI=1S/C19H29N3O2/c1-4-19(20,5-2)13-21-18(24)16-10-11-17(23)22(16)12-15-8-6-14(3)7-9-15/h6-9,16H,4-5,10-13,20H2,1-3H3,(H,21,24). The Kier molecular flexibility index (Phi) is 5.99. The van der Waals surface area contributed by atoms with Crippen LogP contribution in [0.25, 0.3) is 0 Å². The first-order valence-electron chi connectivity index (χ1n) is 8.80. The van der Waals surface area contributed by atoms with Crippen LogP contribution in [0.5, 0.6) is 0 Å². The number of aryl methyl sites for hydroxylation is 1. The number of likely N-dealkylation sites (tertiary alicyclic amines) is 1. The van der Waals surface area contributed by atoms with E-state index in [9.17, 15) is 9.59 Å². The van der Waals surface area contributed by atoms with Gasteiger partial charge in [0.25, 0.3) is 0 Å². The third-order valence-electron chi connectivity index (χ3n) is 5.13. The third kappa shape index (κ3) is 4.35. The van der Waals surface area contributed by atoms with Crippen LogP contribution >= 0.6 is 0 Å². The maximum absolute atomic E-state index is 12.6. The van der Waals surface area contributed by atoms with Gasteiger partial charge in [0.1, 0.15) is 6.04 Å². The van der Waals surface area contributed by atoms with E-state index in [4.69, 9.17) is 5.73 Å². The fourth-order valence-corrected chi connectivity index (χ4v) is 2.98. The van der Waals surface area contributed by atoms with Crippen molar-refractivity contribution in [1.82, 2.24) is 10.2 Å². The number of hydrogen-bond acceptors (Lipinski definition) is 3. The van der Waals surface area contributed by atoms with Gasteiger partial charge in [-0.2, -0.15) is 0 Å². The molecule has 1 aliphatic heterocycles. The summed E-state index contributed by atoms with van der Waals surface area (Å²) in [5.74, 6) is -0.0505. The van der Waals surface area contributed by atoms with E-state index >= 15 is 0 Å². The normalized spacial score (nSPS) is 18.1. The molecule has 1 atom stereocenters. The van der Waals surface area contributed by atoms with Crippen LogP contribution in [0, 0.1) is 6.92 Å². The lowest BCUT2D eigenvalue weighted by atomic mass is 9.94. The molecule has 24 heavy (non-hydrogen) atoms. The summed E-state index contributed by atoms with van der Waals surface area (Å²) in [6.45, 7) is 7.01. The van der Waals surface area contributed by atoms with Crippen LogP contribution in [0.2, 0.25) is 0 Å². The zero-order chi connectivity index (χ0) is 17.7. The molecule has 0 aliphatic carbocycles. The van der Waals surface area contributed by atoms with Crippen molar-refractivity contribution in [3.8, 4) is 0 Å². The number of rotatable bonds is 7. The Balaban J connectivity index is 2.01. The average Bonchev–Trinajstić information content (AvgIpc) is 2.95. The minimum atomic E-state index is -0.392. The van der Waals surface area contributed by atoms with Gasteiger partial charge < -0.3 is 16.0 Å². The predicted octanol–water partition coefficient (Wildman–Crippen LogP) is 2.12.